The Morgan fingerprint density at radius 1 is 0.884 bits per heavy atom. The number of carbonyl (C=O) groups is 1. The highest BCUT2D eigenvalue weighted by Gasteiger charge is 2.35. The minimum atomic E-state index is -0.551. The Labute approximate surface area is 259 Å². The number of hydrogen-bond donors (Lipinski definition) is 1. The van der Waals surface area contributed by atoms with E-state index >= 15 is 0 Å². The molecule has 0 bridgehead atoms. The number of anilines is 1. The smallest absolute Gasteiger partial charge is 0.338 e. The van der Waals surface area contributed by atoms with Crippen LogP contribution in [0, 0.1) is 0 Å². The maximum Gasteiger partial charge on any atom is 0.338 e. The van der Waals surface area contributed by atoms with Crippen LogP contribution in [0.15, 0.2) is 126 Å². The highest BCUT2D eigenvalue weighted by molar-refractivity contribution is 7.98. The van der Waals surface area contributed by atoms with Gasteiger partial charge in [0.05, 0.1) is 5.57 Å². The van der Waals surface area contributed by atoms with Crippen molar-refractivity contribution in [3.63, 3.8) is 0 Å². The van der Waals surface area contributed by atoms with Gasteiger partial charge in [0.25, 0.3) is 0 Å². The predicted molar refractivity (Wildman–Crippen MR) is 169 cm³/mol. The molecule has 0 saturated heterocycles. The van der Waals surface area contributed by atoms with Gasteiger partial charge in [-0.3, -0.25) is 0 Å². The molecule has 7 nitrogen and oxygen atoms in total. The molecule has 0 radical (unpaired) electrons. The predicted octanol–water partition coefficient (Wildman–Crippen LogP) is 7.84. The van der Waals surface area contributed by atoms with Gasteiger partial charge >= 0.3 is 5.97 Å². The molecule has 0 saturated carbocycles. The van der Waals surface area contributed by atoms with E-state index in [9.17, 15) is 4.79 Å². The first-order chi connectivity index (χ1) is 21.0. The zero-order valence-electron chi connectivity index (χ0n) is 23.4. The number of halogens is 1. The highest BCUT2D eigenvalue weighted by atomic mass is 35.5. The molecular weight excluding hydrogens is 580 g/mol. The van der Waals surface area contributed by atoms with Crippen LogP contribution in [0.5, 0.6) is 5.75 Å². The molecule has 0 amide bonds. The molecular formula is C34H29ClN4O3S. The molecule has 5 aromatic rings. The van der Waals surface area contributed by atoms with Crippen LogP contribution in [0.4, 0.5) is 5.95 Å². The summed E-state index contributed by atoms with van der Waals surface area (Å²) in [6, 6.07) is 34.5. The second kappa shape index (κ2) is 13.2. The molecule has 43 heavy (non-hydrogen) atoms. The molecule has 6 rings (SSSR count). The molecule has 0 fully saturated rings. The summed E-state index contributed by atoms with van der Waals surface area (Å²) < 4.78 is 13.6. The molecule has 0 aliphatic carbocycles. The van der Waals surface area contributed by atoms with Crippen LogP contribution in [0.1, 0.15) is 35.2 Å². The Kier molecular flexibility index (Phi) is 8.77. The third kappa shape index (κ3) is 6.77. The van der Waals surface area contributed by atoms with Gasteiger partial charge in [-0.25, -0.2) is 9.48 Å². The van der Waals surface area contributed by atoms with E-state index in [-0.39, 0.29) is 6.61 Å². The van der Waals surface area contributed by atoms with E-state index in [0.29, 0.717) is 39.8 Å². The van der Waals surface area contributed by atoms with Crippen LogP contribution in [-0.2, 0) is 28.5 Å². The lowest BCUT2D eigenvalue weighted by Crippen LogP contribution is -2.29. The van der Waals surface area contributed by atoms with Gasteiger partial charge in [-0.2, -0.15) is 4.98 Å². The number of hydrogen-bond acceptors (Lipinski definition) is 7. The maximum atomic E-state index is 13.6. The Balaban J connectivity index is 1.27. The number of aromatic nitrogens is 3. The van der Waals surface area contributed by atoms with Crippen LogP contribution >= 0.6 is 23.4 Å². The van der Waals surface area contributed by atoms with Gasteiger partial charge in [-0.05, 0) is 47.4 Å². The lowest BCUT2D eigenvalue weighted by molar-refractivity contribution is -0.140. The third-order valence-corrected chi connectivity index (χ3v) is 8.28. The largest absolute Gasteiger partial charge is 0.489 e. The maximum absolute atomic E-state index is 13.6. The lowest BCUT2D eigenvalue weighted by atomic mass is 9.95. The quantitative estimate of drug-likeness (QED) is 0.128. The first-order valence-corrected chi connectivity index (χ1v) is 15.2. The number of benzene rings is 4. The van der Waals surface area contributed by atoms with Crippen LogP contribution in [-0.4, -0.2) is 20.7 Å². The summed E-state index contributed by atoms with van der Waals surface area (Å²) in [5.41, 5.74) is 4.98. The fraction of sp³-hybridized carbons (Fsp3) is 0.147. The second-order valence-corrected chi connectivity index (χ2v) is 11.4. The number of carbonyl (C=O) groups excluding carboxylic acids is 1. The second-order valence-electron chi connectivity index (χ2n) is 10.0. The first kappa shape index (κ1) is 28.6. The molecule has 0 spiro atoms. The Bertz CT molecular complexity index is 1740. The fourth-order valence-corrected chi connectivity index (χ4v) is 5.93. The van der Waals surface area contributed by atoms with E-state index in [1.807, 2.05) is 116 Å². The van der Waals surface area contributed by atoms with Crippen molar-refractivity contribution in [2.24, 2.45) is 0 Å². The summed E-state index contributed by atoms with van der Waals surface area (Å²) in [6.45, 7) is 2.49. The van der Waals surface area contributed by atoms with Crippen molar-refractivity contribution in [2.45, 2.75) is 37.1 Å². The molecule has 2 heterocycles. The third-order valence-electron chi connectivity index (χ3n) is 7.02. The number of allylic oxidation sites excluding steroid dienone is 1. The Hall–Kier alpha value is -4.53. The standard InChI is InChI=1S/C34H29ClN4O3S/c1-23-30(32(40)42-21-25-12-6-3-7-13-25)31(26-16-18-28(19-17-26)41-20-24-10-4-2-5-11-24)39-33(36-23)37-34(38-39)43-22-27-14-8-9-15-29(27)35/h2-19,31H,20-22H2,1H3,(H,36,37,38). The molecule has 4 aromatic carbocycles. The minimum Gasteiger partial charge on any atom is -0.489 e. The summed E-state index contributed by atoms with van der Waals surface area (Å²) >= 11 is 7.85. The van der Waals surface area contributed by atoms with E-state index < -0.39 is 12.0 Å². The first-order valence-electron chi connectivity index (χ1n) is 13.8. The zero-order chi connectivity index (χ0) is 29.6. The Morgan fingerprint density at radius 2 is 1.53 bits per heavy atom. The van der Waals surface area contributed by atoms with Gasteiger partial charge in [0.15, 0.2) is 0 Å². The molecule has 9 heteroatoms. The number of rotatable bonds is 10. The van der Waals surface area contributed by atoms with Crippen molar-refractivity contribution < 1.29 is 14.3 Å². The van der Waals surface area contributed by atoms with Gasteiger partial charge in [0.1, 0.15) is 25.0 Å². The van der Waals surface area contributed by atoms with Gasteiger partial charge in [0.2, 0.25) is 11.1 Å². The fourth-order valence-electron chi connectivity index (χ4n) is 4.81. The summed E-state index contributed by atoms with van der Waals surface area (Å²) in [5.74, 6) is 1.47. The number of nitrogens with one attached hydrogen (secondary N) is 1. The van der Waals surface area contributed by atoms with E-state index in [1.165, 1.54) is 11.8 Å². The van der Waals surface area contributed by atoms with Crippen molar-refractivity contribution in [3.8, 4) is 5.75 Å². The van der Waals surface area contributed by atoms with Crippen molar-refractivity contribution in [3.05, 3.63) is 148 Å². The highest BCUT2D eigenvalue weighted by Crippen LogP contribution is 2.38. The van der Waals surface area contributed by atoms with E-state index in [2.05, 4.69) is 5.32 Å². The van der Waals surface area contributed by atoms with E-state index in [4.69, 9.17) is 31.2 Å². The molecule has 1 unspecified atom stereocenters. The summed E-state index contributed by atoms with van der Waals surface area (Å²) in [6.07, 6.45) is 0. The zero-order valence-corrected chi connectivity index (χ0v) is 25.0. The van der Waals surface area contributed by atoms with Crippen LogP contribution < -0.4 is 10.1 Å². The Morgan fingerprint density at radius 3 is 2.23 bits per heavy atom. The number of fused-ring (bicyclic) bond motifs is 1. The van der Waals surface area contributed by atoms with Crippen LogP contribution in [0.3, 0.4) is 0 Å². The SMILES string of the molecule is CC1=C(C(=O)OCc2ccccc2)C(c2ccc(OCc3ccccc3)cc2)n2nc(SCc3ccccc3Cl)nc2N1. The van der Waals surface area contributed by atoms with Gasteiger partial charge < -0.3 is 14.8 Å². The summed E-state index contributed by atoms with van der Waals surface area (Å²) in [4.78, 5) is 18.4. The summed E-state index contributed by atoms with van der Waals surface area (Å²) in [7, 11) is 0. The van der Waals surface area contributed by atoms with Crippen LogP contribution in [0.25, 0.3) is 0 Å². The van der Waals surface area contributed by atoms with E-state index in [1.54, 1.807) is 4.68 Å². The number of ether oxygens (including phenoxy) is 2. The molecule has 1 aromatic heterocycles. The monoisotopic (exact) mass is 608 g/mol. The van der Waals surface area contributed by atoms with Crippen molar-refractivity contribution in [2.75, 3.05) is 5.32 Å². The topological polar surface area (TPSA) is 78.3 Å². The van der Waals surface area contributed by atoms with Gasteiger partial charge in [-0.1, -0.05) is 114 Å². The molecule has 1 atom stereocenters. The summed E-state index contributed by atoms with van der Waals surface area (Å²) in [5, 5.41) is 9.37. The minimum absolute atomic E-state index is 0.165. The number of thioether (sulfide) groups is 1. The average molecular weight is 609 g/mol. The molecule has 216 valence electrons. The van der Waals surface area contributed by atoms with Crippen molar-refractivity contribution >= 4 is 35.3 Å². The molecule has 1 aliphatic heterocycles. The number of esters is 1. The van der Waals surface area contributed by atoms with Gasteiger partial charge in [0, 0.05) is 16.5 Å². The van der Waals surface area contributed by atoms with Gasteiger partial charge in [-0.15, -0.1) is 5.10 Å². The number of nitrogens with zero attached hydrogens (tertiary/aromatic N) is 3. The molecule has 1 aliphatic rings. The molecule has 1 N–H and O–H groups in total. The lowest BCUT2D eigenvalue weighted by Gasteiger charge is -2.28. The normalized spacial score (nSPS) is 14.1. The average Bonchev–Trinajstić information content (AvgIpc) is 3.45. The van der Waals surface area contributed by atoms with Crippen molar-refractivity contribution in [1.82, 2.24) is 14.8 Å². The van der Waals surface area contributed by atoms with E-state index in [0.717, 1.165) is 28.0 Å². The van der Waals surface area contributed by atoms with Crippen molar-refractivity contribution in [1.29, 1.82) is 0 Å². The van der Waals surface area contributed by atoms with Crippen LogP contribution in [0.2, 0.25) is 5.02 Å².